The number of benzene rings is 7. The molecule has 7 aromatic carbocycles. The number of methoxy groups -OCH3 is 1. The molecule has 9 rings (SSSR count). The highest BCUT2D eigenvalue weighted by atomic mass is 16.7. The van der Waals surface area contributed by atoms with Crippen molar-refractivity contribution in [2.75, 3.05) is 20.3 Å². The Morgan fingerprint density at radius 2 is 0.699 bits per heavy atom. The Bertz CT molecular complexity index is 2630. The molecule has 1 aliphatic carbocycles. The van der Waals surface area contributed by atoms with Gasteiger partial charge < -0.3 is 47.9 Å². The second kappa shape index (κ2) is 27.8. The third-order valence-electron chi connectivity index (χ3n) is 13.2. The topological polar surface area (TPSA) is 95.1 Å². The third kappa shape index (κ3) is 15.2. The Labute approximate surface area is 430 Å². The molecular formula is C63H67NO9. The highest BCUT2D eigenvalue weighted by Gasteiger charge is 2.50. The van der Waals surface area contributed by atoms with Crippen molar-refractivity contribution < 1.29 is 42.6 Å². The van der Waals surface area contributed by atoms with Gasteiger partial charge in [-0.05, 0) is 44.5 Å². The van der Waals surface area contributed by atoms with Gasteiger partial charge in [0.15, 0.2) is 6.29 Å². The molecule has 1 N–H and O–H groups in total. The van der Waals surface area contributed by atoms with Crippen LogP contribution < -0.4 is 5.32 Å². The van der Waals surface area contributed by atoms with Gasteiger partial charge in [-0.25, -0.2) is 0 Å². The molecule has 10 nitrogen and oxygen atoms in total. The zero-order valence-corrected chi connectivity index (χ0v) is 41.5. The zero-order chi connectivity index (χ0) is 49.7. The SMILES string of the molecule is CO[C@H]1O[C@H](CN[C@H]2C=C(COCc3ccccc3)[C@@H](OCc3ccccc3)[C@H](OCc3ccccc3)[C@H]2OCc2ccccc2)[C@@H](OCc2ccccc2)[C@H](OCc2ccccc2)[C@H]1OCc1ccccc1. The minimum Gasteiger partial charge on any atom is -0.372 e. The summed E-state index contributed by atoms with van der Waals surface area (Å²) in [7, 11) is 1.65. The summed E-state index contributed by atoms with van der Waals surface area (Å²) in [6, 6.07) is 70.9. The summed E-state index contributed by atoms with van der Waals surface area (Å²) in [6.07, 6.45) is -2.67. The molecule has 9 atom stereocenters. The fraction of sp³-hybridized carbons (Fsp3) is 0.302. The van der Waals surface area contributed by atoms with Crippen LogP contribution in [0.5, 0.6) is 0 Å². The molecule has 10 heteroatoms. The van der Waals surface area contributed by atoms with Gasteiger partial charge in [0, 0.05) is 13.7 Å². The van der Waals surface area contributed by atoms with Crippen LogP contribution in [0.4, 0.5) is 0 Å². The van der Waals surface area contributed by atoms with Crippen molar-refractivity contribution in [1.82, 2.24) is 5.32 Å². The van der Waals surface area contributed by atoms with Crippen molar-refractivity contribution in [3.8, 4) is 0 Å². The molecule has 73 heavy (non-hydrogen) atoms. The maximum absolute atomic E-state index is 7.11. The summed E-state index contributed by atoms with van der Waals surface area (Å²) >= 11 is 0. The lowest BCUT2D eigenvalue weighted by Gasteiger charge is -2.47. The van der Waals surface area contributed by atoms with Gasteiger partial charge in [-0.15, -0.1) is 0 Å². The number of hydrogen-bond acceptors (Lipinski definition) is 10. The molecule has 0 radical (unpaired) electrons. The molecule has 1 fully saturated rings. The maximum Gasteiger partial charge on any atom is 0.186 e. The maximum atomic E-state index is 7.11. The molecule has 1 aliphatic heterocycles. The van der Waals surface area contributed by atoms with E-state index >= 15 is 0 Å². The Kier molecular flexibility index (Phi) is 19.7. The Morgan fingerprint density at radius 3 is 1.11 bits per heavy atom. The average Bonchev–Trinajstić information content (AvgIpc) is 3.45. The van der Waals surface area contributed by atoms with Crippen molar-refractivity contribution >= 4 is 0 Å². The van der Waals surface area contributed by atoms with Crippen LogP contribution in [0.2, 0.25) is 0 Å². The van der Waals surface area contributed by atoms with Gasteiger partial charge in [0.1, 0.15) is 42.7 Å². The second-order valence-electron chi connectivity index (χ2n) is 18.5. The molecule has 0 amide bonds. The van der Waals surface area contributed by atoms with E-state index in [4.69, 9.17) is 42.6 Å². The van der Waals surface area contributed by atoms with Gasteiger partial charge in [0.2, 0.25) is 0 Å². The van der Waals surface area contributed by atoms with Gasteiger partial charge in [0.05, 0.1) is 58.9 Å². The molecule has 378 valence electrons. The summed E-state index contributed by atoms with van der Waals surface area (Å²) in [4.78, 5) is 0. The fourth-order valence-electron chi connectivity index (χ4n) is 9.40. The third-order valence-corrected chi connectivity index (χ3v) is 13.2. The van der Waals surface area contributed by atoms with Crippen molar-refractivity contribution in [2.24, 2.45) is 0 Å². The van der Waals surface area contributed by atoms with Crippen LogP contribution in [0.3, 0.4) is 0 Å². The molecule has 0 saturated carbocycles. The summed E-state index contributed by atoms with van der Waals surface area (Å²) in [5.41, 5.74) is 8.22. The largest absolute Gasteiger partial charge is 0.372 e. The Hall–Kier alpha value is -6.12. The minimum atomic E-state index is -0.792. The predicted octanol–water partition coefficient (Wildman–Crippen LogP) is 11.0. The normalized spacial score (nSPS) is 22.9. The quantitative estimate of drug-likeness (QED) is 0.0529. The molecule has 7 aromatic rings. The van der Waals surface area contributed by atoms with Crippen LogP contribution in [0.25, 0.3) is 0 Å². The van der Waals surface area contributed by atoms with Crippen LogP contribution in [0, 0.1) is 0 Å². The van der Waals surface area contributed by atoms with Gasteiger partial charge in [-0.2, -0.15) is 0 Å². The first kappa shape index (κ1) is 51.8. The number of hydrogen-bond donors (Lipinski definition) is 1. The molecule has 0 bridgehead atoms. The van der Waals surface area contributed by atoms with Gasteiger partial charge in [-0.1, -0.05) is 218 Å². The lowest BCUT2D eigenvalue weighted by Crippen LogP contribution is -2.64. The Balaban J connectivity index is 1.07. The van der Waals surface area contributed by atoms with Gasteiger partial charge in [0.25, 0.3) is 0 Å². The van der Waals surface area contributed by atoms with E-state index in [-0.39, 0.29) is 0 Å². The van der Waals surface area contributed by atoms with Crippen LogP contribution in [0.15, 0.2) is 224 Å². The number of nitrogens with one attached hydrogen (secondary N) is 1. The smallest absolute Gasteiger partial charge is 0.186 e. The first-order valence-electron chi connectivity index (χ1n) is 25.3. The molecular weight excluding hydrogens is 915 g/mol. The highest BCUT2D eigenvalue weighted by Crippen LogP contribution is 2.34. The van der Waals surface area contributed by atoms with Crippen molar-refractivity contribution in [3.63, 3.8) is 0 Å². The lowest BCUT2D eigenvalue weighted by molar-refractivity contribution is -0.316. The van der Waals surface area contributed by atoms with E-state index in [2.05, 4.69) is 84.2 Å². The molecule has 0 aromatic heterocycles. The predicted molar refractivity (Wildman–Crippen MR) is 282 cm³/mol. The summed E-state index contributed by atoms with van der Waals surface area (Å²) in [6.45, 7) is 3.08. The first-order chi connectivity index (χ1) is 36.2. The standard InChI is InChI=1S/C63H67NO9/c1-65-63-62(72-45-53-35-21-8-22-36-53)61(71-44-52-33-19-7-20-34-52)59(69-42-50-29-15-5-16-30-50)56(73-63)38-64-55-37-54(46-66-39-47-23-9-2-10-24-47)57(67-40-48-25-11-3-12-26-48)60(70-43-51-31-17-6-18-32-51)58(55)68-41-49-27-13-4-14-28-49/h2-37,55-64H,38-46H2,1H3/t55-,56+,57+,58-,59+,60-,61-,62+,63-/m0/s1. The van der Waals surface area contributed by atoms with E-state index in [0.717, 1.165) is 44.5 Å². The van der Waals surface area contributed by atoms with Crippen molar-refractivity contribution in [2.45, 2.75) is 101 Å². The number of ether oxygens (including phenoxy) is 9. The van der Waals surface area contributed by atoms with Crippen molar-refractivity contribution in [1.29, 1.82) is 0 Å². The van der Waals surface area contributed by atoms with E-state index in [9.17, 15) is 0 Å². The lowest BCUT2D eigenvalue weighted by atomic mass is 9.87. The van der Waals surface area contributed by atoms with Crippen LogP contribution in [0.1, 0.15) is 38.9 Å². The highest BCUT2D eigenvalue weighted by molar-refractivity contribution is 5.26. The summed E-state index contributed by atoms with van der Waals surface area (Å²) < 4.78 is 61.7. The number of rotatable bonds is 26. The average molecular weight is 982 g/mol. The van der Waals surface area contributed by atoms with E-state index < -0.39 is 55.1 Å². The van der Waals surface area contributed by atoms with E-state index in [1.165, 1.54) is 0 Å². The molecule has 2 aliphatic rings. The molecule has 0 unspecified atom stereocenters. The van der Waals surface area contributed by atoms with E-state index in [0.29, 0.717) is 59.4 Å². The summed E-state index contributed by atoms with van der Waals surface area (Å²) in [5.74, 6) is 0. The summed E-state index contributed by atoms with van der Waals surface area (Å²) in [5, 5.41) is 3.93. The van der Waals surface area contributed by atoms with Gasteiger partial charge in [-0.3, -0.25) is 0 Å². The zero-order valence-electron chi connectivity index (χ0n) is 41.5. The van der Waals surface area contributed by atoms with E-state index in [1.54, 1.807) is 7.11 Å². The molecule has 1 saturated heterocycles. The van der Waals surface area contributed by atoms with Crippen LogP contribution >= 0.6 is 0 Å². The fourth-order valence-corrected chi connectivity index (χ4v) is 9.40. The van der Waals surface area contributed by atoms with Crippen LogP contribution in [-0.4, -0.2) is 75.3 Å². The first-order valence-corrected chi connectivity index (χ1v) is 25.3. The van der Waals surface area contributed by atoms with Crippen LogP contribution in [-0.2, 0) is 88.9 Å². The van der Waals surface area contributed by atoms with Gasteiger partial charge >= 0.3 is 0 Å². The van der Waals surface area contributed by atoms with E-state index in [1.807, 2.05) is 140 Å². The molecule has 0 spiro atoms. The molecule has 1 heterocycles. The minimum absolute atomic E-state index is 0.299. The second-order valence-corrected chi connectivity index (χ2v) is 18.5. The monoisotopic (exact) mass is 981 g/mol. The van der Waals surface area contributed by atoms with Crippen molar-refractivity contribution in [3.05, 3.63) is 263 Å². The Morgan fingerprint density at radius 1 is 0.356 bits per heavy atom.